The summed E-state index contributed by atoms with van der Waals surface area (Å²) >= 11 is 0. The van der Waals surface area contributed by atoms with E-state index >= 15 is 0 Å². The van der Waals surface area contributed by atoms with Crippen LogP contribution in [0, 0.1) is 0 Å². The van der Waals surface area contributed by atoms with E-state index in [1.165, 1.54) is 5.69 Å². The average Bonchev–Trinajstić information content (AvgIpc) is 3.19. The van der Waals surface area contributed by atoms with E-state index in [0.29, 0.717) is 13.2 Å². The van der Waals surface area contributed by atoms with Crippen LogP contribution in [-0.2, 0) is 24.9 Å². The molecule has 0 bridgehead atoms. The van der Waals surface area contributed by atoms with Gasteiger partial charge in [-0.25, -0.2) is 0 Å². The molecule has 0 aliphatic heterocycles. The van der Waals surface area contributed by atoms with Gasteiger partial charge in [-0.2, -0.15) is 0 Å². The molecule has 0 aliphatic rings. The van der Waals surface area contributed by atoms with E-state index in [1.807, 2.05) is 19.2 Å². The molecule has 134 valence electrons. The minimum absolute atomic E-state index is 0. The molecule has 2 heterocycles. The molecule has 0 amide bonds. The van der Waals surface area contributed by atoms with Crippen molar-refractivity contribution >= 4 is 29.9 Å². The minimum Gasteiger partial charge on any atom is -0.467 e. The number of halogens is 1. The van der Waals surface area contributed by atoms with E-state index in [4.69, 9.17) is 9.15 Å². The van der Waals surface area contributed by atoms with Crippen LogP contribution in [0.15, 0.2) is 46.1 Å². The SMILES string of the molecule is CN=C(NCCCOCc1ccco1)N(C)Cc1cccn1C.I. The normalized spacial score (nSPS) is 11.2. The number of furan rings is 1. The second-order valence-corrected chi connectivity index (χ2v) is 5.43. The van der Waals surface area contributed by atoms with Gasteiger partial charge in [0, 0.05) is 46.2 Å². The Morgan fingerprint density at radius 1 is 1.38 bits per heavy atom. The molecule has 0 atom stereocenters. The maximum absolute atomic E-state index is 5.56. The molecule has 0 saturated carbocycles. The number of nitrogens with zero attached hydrogens (tertiary/aromatic N) is 3. The number of aliphatic imine (C=N–C) groups is 1. The molecule has 6 nitrogen and oxygen atoms in total. The molecule has 2 aromatic rings. The van der Waals surface area contributed by atoms with Crippen molar-refractivity contribution in [1.82, 2.24) is 14.8 Å². The quantitative estimate of drug-likeness (QED) is 0.293. The van der Waals surface area contributed by atoms with E-state index in [1.54, 1.807) is 13.3 Å². The lowest BCUT2D eigenvalue weighted by Gasteiger charge is -2.22. The van der Waals surface area contributed by atoms with Crippen molar-refractivity contribution < 1.29 is 9.15 Å². The van der Waals surface area contributed by atoms with Crippen molar-refractivity contribution in [2.45, 2.75) is 19.6 Å². The van der Waals surface area contributed by atoms with Crippen LogP contribution in [0.2, 0.25) is 0 Å². The van der Waals surface area contributed by atoms with Crippen LogP contribution in [0.3, 0.4) is 0 Å². The molecule has 0 fully saturated rings. The van der Waals surface area contributed by atoms with Gasteiger partial charge in [0.1, 0.15) is 12.4 Å². The predicted octanol–water partition coefficient (Wildman–Crippen LogP) is 2.85. The van der Waals surface area contributed by atoms with Crippen LogP contribution in [0.1, 0.15) is 17.9 Å². The van der Waals surface area contributed by atoms with Crippen molar-refractivity contribution in [1.29, 1.82) is 0 Å². The predicted molar refractivity (Wildman–Crippen MR) is 107 cm³/mol. The average molecular weight is 446 g/mol. The zero-order chi connectivity index (χ0) is 16.5. The maximum Gasteiger partial charge on any atom is 0.193 e. The van der Waals surface area contributed by atoms with E-state index in [-0.39, 0.29) is 24.0 Å². The first-order valence-electron chi connectivity index (χ1n) is 7.83. The number of aromatic nitrogens is 1. The fraction of sp³-hybridized carbons (Fsp3) is 0.471. The number of nitrogens with one attached hydrogen (secondary N) is 1. The lowest BCUT2D eigenvalue weighted by Crippen LogP contribution is -2.39. The summed E-state index contributed by atoms with van der Waals surface area (Å²) in [7, 11) is 5.89. The van der Waals surface area contributed by atoms with Crippen LogP contribution in [0.25, 0.3) is 0 Å². The van der Waals surface area contributed by atoms with Crippen LogP contribution in [-0.4, -0.2) is 42.7 Å². The van der Waals surface area contributed by atoms with Crippen LogP contribution in [0.5, 0.6) is 0 Å². The standard InChI is InChI=1S/C17H26N4O2.HI/c1-18-17(21(3)13-15-7-4-10-20(15)2)19-9-6-11-22-14-16-8-5-12-23-16;/h4-5,7-8,10,12H,6,9,11,13-14H2,1-3H3,(H,18,19);1H. The maximum atomic E-state index is 5.56. The fourth-order valence-electron chi connectivity index (χ4n) is 2.31. The van der Waals surface area contributed by atoms with Crippen molar-refractivity contribution in [3.63, 3.8) is 0 Å². The van der Waals surface area contributed by atoms with Gasteiger partial charge in [0.05, 0.1) is 12.8 Å². The number of hydrogen-bond acceptors (Lipinski definition) is 3. The number of hydrogen-bond donors (Lipinski definition) is 1. The summed E-state index contributed by atoms with van der Waals surface area (Å²) in [6, 6.07) is 7.95. The topological polar surface area (TPSA) is 54.9 Å². The molecule has 2 aromatic heterocycles. The van der Waals surface area contributed by atoms with Gasteiger partial charge < -0.3 is 23.9 Å². The Balaban J connectivity index is 0.00000288. The Labute approximate surface area is 160 Å². The third-order valence-corrected chi connectivity index (χ3v) is 3.60. The Bertz CT molecular complexity index is 596. The molecule has 0 spiro atoms. The summed E-state index contributed by atoms with van der Waals surface area (Å²) in [5.41, 5.74) is 1.25. The zero-order valence-corrected chi connectivity index (χ0v) is 16.9. The monoisotopic (exact) mass is 446 g/mol. The highest BCUT2D eigenvalue weighted by Crippen LogP contribution is 2.04. The summed E-state index contributed by atoms with van der Waals surface area (Å²) in [6.45, 7) is 2.85. The van der Waals surface area contributed by atoms with Crippen LogP contribution >= 0.6 is 24.0 Å². The molecular weight excluding hydrogens is 419 g/mol. The molecule has 0 radical (unpaired) electrons. The van der Waals surface area contributed by atoms with Crippen LogP contribution < -0.4 is 5.32 Å². The first-order chi connectivity index (χ1) is 11.2. The molecule has 0 aliphatic carbocycles. The molecule has 0 saturated heterocycles. The van der Waals surface area contributed by atoms with E-state index in [2.05, 4.69) is 45.2 Å². The van der Waals surface area contributed by atoms with Crippen molar-refractivity contribution in [2.75, 3.05) is 27.2 Å². The first-order valence-corrected chi connectivity index (χ1v) is 7.83. The lowest BCUT2D eigenvalue weighted by atomic mass is 10.4. The fourth-order valence-corrected chi connectivity index (χ4v) is 2.31. The number of rotatable bonds is 8. The number of guanidine groups is 1. The highest BCUT2D eigenvalue weighted by molar-refractivity contribution is 14.0. The third kappa shape index (κ3) is 6.56. The summed E-state index contributed by atoms with van der Waals surface area (Å²) in [5, 5.41) is 3.36. The van der Waals surface area contributed by atoms with Gasteiger partial charge in [-0.05, 0) is 30.7 Å². The first kappa shape index (κ1) is 20.6. The van der Waals surface area contributed by atoms with Crippen molar-refractivity contribution in [2.24, 2.45) is 12.0 Å². The number of aryl methyl sites for hydroxylation is 1. The number of ether oxygens (including phenoxy) is 1. The molecule has 0 aromatic carbocycles. The summed E-state index contributed by atoms with van der Waals surface area (Å²) < 4.78 is 12.9. The molecular formula is C17H27IN4O2. The summed E-state index contributed by atoms with van der Waals surface area (Å²) in [4.78, 5) is 6.43. The minimum atomic E-state index is 0. The molecule has 0 unspecified atom stereocenters. The highest BCUT2D eigenvalue weighted by atomic mass is 127. The molecule has 7 heteroatoms. The smallest absolute Gasteiger partial charge is 0.193 e. The van der Waals surface area contributed by atoms with E-state index in [9.17, 15) is 0 Å². The van der Waals surface area contributed by atoms with E-state index < -0.39 is 0 Å². The Morgan fingerprint density at radius 2 is 2.21 bits per heavy atom. The van der Waals surface area contributed by atoms with E-state index in [0.717, 1.165) is 31.2 Å². The van der Waals surface area contributed by atoms with Gasteiger partial charge >= 0.3 is 0 Å². The Morgan fingerprint density at radius 3 is 2.83 bits per heavy atom. The van der Waals surface area contributed by atoms with Gasteiger partial charge in [-0.15, -0.1) is 24.0 Å². The highest BCUT2D eigenvalue weighted by Gasteiger charge is 2.07. The third-order valence-electron chi connectivity index (χ3n) is 3.60. The zero-order valence-electron chi connectivity index (χ0n) is 14.6. The Hall–Kier alpha value is -1.48. The lowest BCUT2D eigenvalue weighted by molar-refractivity contribution is 0.104. The van der Waals surface area contributed by atoms with Gasteiger partial charge in [0.2, 0.25) is 0 Å². The largest absolute Gasteiger partial charge is 0.467 e. The van der Waals surface area contributed by atoms with Gasteiger partial charge in [0.25, 0.3) is 0 Å². The molecule has 24 heavy (non-hydrogen) atoms. The summed E-state index contributed by atoms with van der Waals surface area (Å²) in [6.07, 6.45) is 4.63. The van der Waals surface area contributed by atoms with Gasteiger partial charge in [-0.3, -0.25) is 4.99 Å². The molecule has 1 N–H and O–H groups in total. The van der Waals surface area contributed by atoms with Crippen molar-refractivity contribution in [3.05, 3.63) is 48.2 Å². The Kier molecular flexibility index (Phi) is 9.55. The van der Waals surface area contributed by atoms with Crippen LogP contribution in [0.4, 0.5) is 0 Å². The molecule has 2 rings (SSSR count). The summed E-state index contributed by atoms with van der Waals surface area (Å²) in [5.74, 6) is 1.74. The van der Waals surface area contributed by atoms with Gasteiger partial charge in [-0.1, -0.05) is 0 Å². The van der Waals surface area contributed by atoms with Crippen molar-refractivity contribution in [3.8, 4) is 0 Å². The van der Waals surface area contributed by atoms with Gasteiger partial charge in [0.15, 0.2) is 5.96 Å². The second kappa shape index (κ2) is 11.1. The second-order valence-electron chi connectivity index (χ2n) is 5.43.